The number of hydrogen-bond donors (Lipinski definition) is 1. The molecular weight excluding hydrogens is 264 g/mol. The van der Waals surface area contributed by atoms with E-state index in [4.69, 9.17) is 4.74 Å². The van der Waals surface area contributed by atoms with Gasteiger partial charge in [-0.05, 0) is 18.6 Å². The summed E-state index contributed by atoms with van der Waals surface area (Å²) in [5.74, 6) is -0.539. The van der Waals surface area contributed by atoms with Crippen molar-refractivity contribution in [2.24, 2.45) is 0 Å². The number of nitrogens with one attached hydrogen (secondary N) is 1. The molecule has 0 bridgehead atoms. The first-order valence-corrected chi connectivity index (χ1v) is 6.15. The predicted octanol–water partition coefficient (Wildman–Crippen LogP) is 2.22. The zero-order valence-corrected chi connectivity index (χ0v) is 11.7. The maximum atomic E-state index is 11.5. The van der Waals surface area contributed by atoms with Crippen molar-refractivity contribution in [3.05, 3.63) is 33.9 Å². The lowest BCUT2D eigenvalue weighted by atomic mass is 10.1. The van der Waals surface area contributed by atoms with Crippen LogP contribution in [-0.2, 0) is 9.47 Å². The molecule has 0 aliphatic rings. The van der Waals surface area contributed by atoms with Crippen molar-refractivity contribution in [1.82, 2.24) is 0 Å². The molecule has 1 aromatic rings. The number of hydrogen-bond acceptors (Lipinski definition) is 6. The molecule has 0 saturated carbocycles. The minimum atomic E-state index is -0.539. The van der Waals surface area contributed by atoms with Crippen LogP contribution in [0.4, 0.5) is 11.4 Å². The highest BCUT2D eigenvalue weighted by atomic mass is 16.6. The number of anilines is 1. The van der Waals surface area contributed by atoms with Crippen LogP contribution in [-0.4, -0.2) is 37.8 Å². The van der Waals surface area contributed by atoms with Crippen LogP contribution in [0.15, 0.2) is 18.2 Å². The molecule has 0 radical (unpaired) electrons. The largest absolute Gasteiger partial charge is 0.465 e. The molecule has 1 N–H and O–H groups in total. The lowest BCUT2D eigenvalue weighted by Gasteiger charge is -2.17. The minimum absolute atomic E-state index is 0.0772. The van der Waals surface area contributed by atoms with Crippen molar-refractivity contribution < 1.29 is 19.2 Å². The molecule has 0 heterocycles. The van der Waals surface area contributed by atoms with Crippen molar-refractivity contribution in [1.29, 1.82) is 0 Å². The number of nitro benzene ring substituents is 1. The summed E-state index contributed by atoms with van der Waals surface area (Å²) in [4.78, 5) is 22.0. The highest BCUT2D eigenvalue weighted by molar-refractivity contribution is 5.91. The topological polar surface area (TPSA) is 90.7 Å². The van der Waals surface area contributed by atoms with Gasteiger partial charge in [0, 0.05) is 19.2 Å². The molecule has 0 saturated heterocycles. The van der Waals surface area contributed by atoms with Crippen LogP contribution in [0, 0.1) is 10.1 Å². The van der Waals surface area contributed by atoms with Crippen molar-refractivity contribution in [3.8, 4) is 0 Å². The fraction of sp³-hybridized carbons (Fsp3) is 0.462. The molecule has 0 aromatic heterocycles. The van der Waals surface area contributed by atoms with Crippen LogP contribution in [0.3, 0.4) is 0 Å². The van der Waals surface area contributed by atoms with Crippen molar-refractivity contribution >= 4 is 17.3 Å². The average molecular weight is 282 g/mol. The minimum Gasteiger partial charge on any atom is -0.465 e. The summed E-state index contributed by atoms with van der Waals surface area (Å²) >= 11 is 0. The van der Waals surface area contributed by atoms with Gasteiger partial charge in [0.1, 0.15) is 5.69 Å². The quantitative estimate of drug-likeness (QED) is 0.468. The molecule has 0 aliphatic heterocycles. The zero-order chi connectivity index (χ0) is 15.1. The number of ether oxygens (including phenoxy) is 2. The second kappa shape index (κ2) is 7.44. The van der Waals surface area contributed by atoms with E-state index in [1.807, 2.05) is 6.92 Å². The van der Waals surface area contributed by atoms with E-state index in [2.05, 4.69) is 10.1 Å². The second-order valence-electron chi connectivity index (χ2n) is 4.19. The lowest BCUT2D eigenvalue weighted by molar-refractivity contribution is -0.384. The first kappa shape index (κ1) is 15.9. The number of benzene rings is 1. The maximum Gasteiger partial charge on any atom is 0.337 e. The van der Waals surface area contributed by atoms with Crippen molar-refractivity contribution in [2.45, 2.75) is 19.4 Å². The third-order valence-electron chi connectivity index (χ3n) is 2.83. The summed E-state index contributed by atoms with van der Waals surface area (Å²) in [5, 5.41) is 14.0. The monoisotopic (exact) mass is 282 g/mol. The Morgan fingerprint density at radius 3 is 2.65 bits per heavy atom. The molecule has 0 aliphatic carbocycles. The molecule has 0 amide bonds. The third kappa shape index (κ3) is 3.92. The average Bonchev–Trinajstić information content (AvgIpc) is 2.45. The van der Waals surface area contributed by atoms with E-state index in [1.54, 1.807) is 7.11 Å². The van der Waals surface area contributed by atoms with Crippen molar-refractivity contribution in [2.75, 3.05) is 26.1 Å². The Hall–Kier alpha value is -2.15. The number of carbonyl (C=O) groups is 1. The molecule has 7 nitrogen and oxygen atoms in total. The number of methoxy groups -OCH3 is 2. The van der Waals surface area contributed by atoms with Gasteiger partial charge in [-0.1, -0.05) is 6.92 Å². The number of esters is 1. The van der Waals surface area contributed by atoms with Crippen LogP contribution in [0.25, 0.3) is 0 Å². The highest BCUT2D eigenvalue weighted by Crippen LogP contribution is 2.27. The molecule has 1 aromatic carbocycles. The number of rotatable bonds is 7. The van der Waals surface area contributed by atoms with Gasteiger partial charge in [0.05, 0.1) is 24.2 Å². The van der Waals surface area contributed by atoms with E-state index < -0.39 is 10.9 Å². The highest BCUT2D eigenvalue weighted by Gasteiger charge is 2.19. The Kier molecular flexibility index (Phi) is 5.92. The van der Waals surface area contributed by atoms with Gasteiger partial charge in [0.2, 0.25) is 0 Å². The molecule has 0 spiro atoms. The molecule has 1 atom stereocenters. The van der Waals surface area contributed by atoms with E-state index in [-0.39, 0.29) is 23.0 Å². The standard InChI is InChI=1S/C13H18N2O5/c1-4-10(8-19-2)14-11-7-9(13(16)20-3)5-6-12(11)15(17)18/h5-7,10,14H,4,8H2,1-3H3. The summed E-state index contributed by atoms with van der Waals surface area (Å²) in [6, 6.07) is 4.00. The van der Waals surface area contributed by atoms with Gasteiger partial charge in [-0.2, -0.15) is 0 Å². The van der Waals surface area contributed by atoms with E-state index in [9.17, 15) is 14.9 Å². The van der Waals surface area contributed by atoms with E-state index >= 15 is 0 Å². The van der Waals surface area contributed by atoms with E-state index in [0.717, 1.165) is 6.42 Å². The van der Waals surface area contributed by atoms with Gasteiger partial charge in [-0.3, -0.25) is 10.1 Å². The Morgan fingerprint density at radius 1 is 1.45 bits per heavy atom. The maximum absolute atomic E-state index is 11.5. The SMILES string of the molecule is CCC(COC)Nc1cc(C(=O)OC)ccc1[N+](=O)[O-]. The van der Waals surface area contributed by atoms with Gasteiger partial charge < -0.3 is 14.8 Å². The fourth-order valence-electron chi connectivity index (χ4n) is 1.74. The molecule has 110 valence electrons. The summed E-state index contributed by atoms with van der Waals surface area (Å²) in [6.07, 6.45) is 0.730. The number of nitro groups is 1. The van der Waals surface area contributed by atoms with Gasteiger partial charge in [-0.15, -0.1) is 0 Å². The third-order valence-corrected chi connectivity index (χ3v) is 2.83. The van der Waals surface area contributed by atoms with Crippen LogP contribution >= 0.6 is 0 Å². The van der Waals surface area contributed by atoms with Crippen LogP contribution < -0.4 is 5.32 Å². The molecular formula is C13H18N2O5. The first-order chi connectivity index (χ1) is 9.53. The van der Waals surface area contributed by atoms with Gasteiger partial charge in [-0.25, -0.2) is 4.79 Å². The van der Waals surface area contributed by atoms with Gasteiger partial charge in [0.25, 0.3) is 5.69 Å². The molecule has 7 heteroatoms. The fourth-order valence-corrected chi connectivity index (χ4v) is 1.74. The first-order valence-electron chi connectivity index (χ1n) is 6.15. The van der Waals surface area contributed by atoms with Gasteiger partial charge >= 0.3 is 5.97 Å². The van der Waals surface area contributed by atoms with E-state index in [1.165, 1.54) is 25.3 Å². The summed E-state index contributed by atoms with van der Waals surface area (Å²) in [7, 11) is 2.82. The van der Waals surface area contributed by atoms with Crippen LogP contribution in [0.2, 0.25) is 0 Å². The number of nitrogens with zero attached hydrogens (tertiary/aromatic N) is 1. The summed E-state index contributed by atoms with van der Waals surface area (Å²) in [5.41, 5.74) is 0.446. The Labute approximate surface area is 117 Å². The Morgan fingerprint density at radius 2 is 2.15 bits per heavy atom. The van der Waals surface area contributed by atoms with Crippen LogP contribution in [0.5, 0.6) is 0 Å². The van der Waals surface area contributed by atoms with Gasteiger partial charge in [0.15, 0.2) is 0 Å². The molecule has 1 unspecified atom stereocenters. The Bertz CT molecular complexity index is 490. The summed E-state index contributed by atoms with van der Waals surface area (Å²) in [6.45, 7) is 2.35. The molecule has 0 fully saturated rings. The summed E-state index contributed by atoms with van der Waals surface area (Å²) < 4.78 is 9.65. The van der Waals surface area contributed by atoms with Crippen molar-refractivity contribution in [3.63, 3.8) is 0 Å². The van der Waals surface area contributed by atoms with E-state index in [0.29, 0.717) is 6.61 Å². The second-order valence-corrected chi connectivity index (χ2v) is 4.19. The Balaban J connectivity index is 3.11. The normalized spacial score (nSPS) is 11.8. The lowest BCUT2D eigenvalue weighted by Crippen LogP contribution is -2.24. The zero-order valence-electron chi connectivity index (χ0n) is 11.7. The smallest absolute Gasteiger partial charge is 0.337 e. The van der Waals surface area contributed by atoms with Crippen LogP contribution in [0.1, 0.15) is 23.7 Å². The predicted molar refractivity (Wildman–Crippen MR) is 74.0 cm³/mol. The molecule has 1 rings (SSSR count). The number of carbonyl (C=O) groups excluding carboxylic acids is 1. The molecule has 20 heavy (non-hydrogen) atoms.